The number of nitrogens with zero attached hydrogens (tertiary/aromatic N) is 2. The summed E-state index contributed by atoms with van der Waals surface area (Å²) in [6, 6.07) is 5.64. The van der Waals surface area contributed by atoms with Gasteiger partial charge in [0.15, 0.2) is 5.82 Å². The molecular weight excluding hydrogens is 405 g/mol. The van der Waals surface area contributed by atoms with Gasteiger partial charge >= 0.3 is 0 Å². The molecule has 1 N–H and O–H groups in total. The fourth-order valence-electron chi connectivity index (χ4n) is 2.05. The summed E-state index contributed by atoms with van der Waals surface area (Å²) in [4.78, 5) is 9.30. The Bertz CT molecular complexity index is 672. The zero-order valence-corrected chi connectivity index (χ0v) is 14.7. The molecule has 1 heterocycles. The summed E-state index contributed by atoms with van der Waals surface area (Å²) in [5.74, 6) is 2.04. The molecule has 104 valence electrons. The highest BCUT2D eigenvalue weighted by Crippen LogP contribution is 2.44. The lowest BCUT2D eigenvalue weighted by Crippen LogP contribution is -2.03. The first-order valence-electron chi connectivity index (χ1n) is 6.30. The van der Waals surface area contributed by atoms with Crippen molar-refractivity contribution in [2.24, 2.45) is 0 Å². The summed E-state index contributed by atoms with van der Waals surface area (Å²) >= 11 is 13.2. The molecule has 3 nitrogen and oxygen atoms in total. The van der Waals surface area contributed by atoms with E-state index in [-0.39, 0.29) is 0 Å². The Kier molecular flexibility index (Phi) is 4.02. The second kappa shape index (κ2) is 5.62. The van der Waals surface area contributed by atoms with Crippen molar-refractivity contribution in [2.75, 3.05) is 12.4 Å². The minimum Gasteiger partial charge on any atom is -0.372 e. The van der Waals surface area contributed by atoms with Gasteiger partial charge in [-0.3, -0.25) is 0 Å². The van der Waals surface area contributed by atoms with Crippen molar-refractivity contribution >= 4 is 49.3 Å². The highest BCUT2D eigenvalue weighted by molar-refractivity contribution is 9.11. The molecule has 6 heteroatoms. The van der Waals surface area contributed by atoms with Crippen LogP contribution in [-0.4, -0.2) is 17.0 Å². The van der Waals surface area contributed by atoms with Gasteiger partial charge in [0.05, 0.1) is 10.2 Å². The molecule has 0 radical (unpaired) electrons. The SMILES string of the molecule is CNc1nc(-c2cc(Cl)ccc2Br)nc(C2CC2)c1Br. The largest absolute Gasteiger partial charge is 0.372 e. The number of benzene rings is 1. The summed E-state index contributed by atoms with van der Waals surface area (Å²) < 4.78 is 1.90. The number of hydrogen-bond donors (Lipinski definition) is 1. The Morgan fingerprint density at radius 2 is 2.00 bits per heavy atom. The number of halogens is 3. The topological polar surface area (TPSA) is 37.8 Å². The predicted molar refractivity (Wildman–Crippen MR) is 89.4 cm³/mol. The zero-order chi connectivity index (χ0) is 14.3. The number of nitrogens with one attached hydrogen (secondary N) is 1. The number of aromatic nitrogens is 2. The molecule has 0 atom stereocenters. The molecule has 0 unspecified atom stereocenters. The fraction of sp³-hybridized carbons (Fsp3) is 0.286. The van der Waals surface area contributed by atoms with E-state index in [0.29, 0.717) is 16.8 Å². The minimum absolute atomic E-state index is 0.538. The van der Waals surface area contributed by atoms with E-state index < -0.39 is 0 Å². The first-order valence-corrected chi connectivity index (χ1v) is 8.27. The van der Waals surface area contributed by atoms with E-state index >= 15 is 0 Å². The van der Waals surface area contributed by atoms with Crippen LogP contribution in [0.3, 0.4) is 0 Å². The highest BCUT2D eigenvalue weighted by atomic mass is 79.9. The Balaban J connectivity index is 2.18. The Hall–Kier alpha value is -0.650. The van der Waals surface area contributed by atoms with Crippen molar-refractivity contribution in [2.45, 2.75) is 18.8 Å². The van der Waals surface area contributed by atoms with E-state index in [1.165, 1.54) is 12.8 Å². The normalized spacial score (nSPS) is 14.4. The lowest BCUT2D eigenvalue weighted by molar-refractivity contribution is 0.980. The monoisotopic (exact) mass is 415 g/mol. The molecule has 0 bridgehead atoms. The number of anilines is 1. The van der Waals surface area contributed by atoms with Gasteiger partial charge in [-0.25, -0.2) is 9.97 Å². The molecule has 0 amide bonds. The Morgan fingerprint density at radius 3 is 2.65 bits per heavy atom. The van der Waals surface area contributed by atoms with Crippen molar-refractivity contribution < 1.29 is 0 Å². The van der Waals surface area contributed by atoms with Crippen molar-refractivity contribution in [1.82, 2.24) is 9.97 Å². The number of hydrogen-bond acceptors (Lipinski definition) is 3. The van der Waals surface area contributed by atoms with Gasteiger partial charge < -0.3 is 5.32 Å². The average Bonchev–Trinajstić information content (AvgIpc) is 3.26. The molecule has 1 aromatic heterocycles. The van der Waals surface area contributed by atoms with Gasteiger partial charge in [-0.1, -0.05) is 27.5 Å². The van der Waals surface area contributed by atoms with E-state index in [9.17, 15) is 0 Å². The van der Waals surface area contributed by atoms with E-state index in [1.807, 2.05) is 25.2 Å². The first kappa shape index (κ1) is 14.3. The van der Waals surface area contributed by atoms with Crippen LogP contribution in [0.5, 0.6) is 0 Å². The van der Waals surface area contributed by atoms with Crippen LogP contribution < -0.4 is 5.32 Å². The lowest BCUT2D eigenvalue weighted by Gasteiger charge is -2.12. The minimum atomic E-state index is 0.538. The quantitative estimate of drug-likeness (QED) is 0.742. The van der Waals surface area contributed by atoms with Gasteiger partial charge in [-0.15, -0.1) is 0 Å². The van der Waals surface area contributed by atoms with E-state index in [4.69, 9.17) is 16.6 Å². The maximum Gasteiger partial charge on any atom is 0.163 e. The Morgan fingerprint density at radius 1 is 1.25 bits per heavy atom. The summed E-state index contributed by atoms with van der Waals surface area (Å²) in [6.07, 6.45) is 2.38. The van der Waals surface area contributed by atoms with E-state index in [2.05, 4.69) is 42.2 Å². The molecule has 0 spiro atoms. The third kappa shape index (κ3) is 2.71. The van der Waals surface area contributed by atoms with Crippen LogP contribution in [0.4, 0.5) is 5.82 Å². The van der Waals surface area contributed by atoms with Crippen molar-refractivity contribution in [3.05, 3.63) is 37.9 Å². The standard InChI is InChI=1S/C14H12Br2ClN3/c1-18-14-11(16)12(7-2-3-7)19-13(20-14)9-6-8(17)4-5-10(9)15/h4-7H,2-3H2,1H3,(H,18,19,20). The summed E-state index contributed by atoms with van der Waals surface area (Å²) in [5.41, 5.74) is 1.98. The molecule has 1 fully saturated rings. The predicted octanol–water partition coefficient (Wildman–Crippen LogP) is 5.24. The van der Waals surface area contributed by atoms with Gasteiger partial charge in [0.2, 0.25) is 0 Å². The van der Waals surface area contributed by atoms with Crippen LogP contribution in [0.15, 0.2) is 27.1 Å². The molecule has 1 saturated carbocycles. The molecule has 2 aromatic rings. The fourth-order valence-corrected chi connectivity index (χ4v) is 3.34. The van der Waals surface area contributed by atoms with Crippen LogP contribution in [0.2, 0.25) is 5.02 Å². The van der Waals surface area contributed by atoms with Crippen LogP contribution in [-0.2, 0) is 0 Å². The average molecular weight is 418 g/mol. The summed E-state index contributed by atoms with van der Waals surface area (Å²) in [5, 5.41) is 3.79. The smallest absolute Gasteiger partial charge is 0.163 e. The molecule has 0 aliphatic heterocycles. The highest BCUT2D eigenvalue weighted by Gasteiger charge is 2.29. The van der Waals surface area contributed by atoms with Crippen molar-refractivity contribution in [1.29, 1.82) is 0 Å². The van der Waals surface area contributed by atoms with Crippen LogP contribution >= 0.6 is 43.5 Å². The maximum absolute atomic E-state index is 6.09. The Labute approximate surface area is 139 Å². The van der Waals surface area contributed by atoms with Gasteiger partial charge in [-0.2, -0.15) is 0 Å². The molecule has 1 aliphatic rings. The summed E-state index contributed by atoms with van der Waals surface area (Å²) in [7, 11) is 1.86. The lowest BCUT2D eigenvalue weighted by atomic mass is 10.2. The van der Waals surface area contributed by atoms with Gasteiger partial charge in [0.25, 0.3) is 0 Å². The second-order valence-corrected chi connectivity index (χ2v) is 6.83. The second-order valence-electron chi connectivity index (χ2n) is 4.74. The third-order valence-electron chi connectivity index (χ3n) is 3.25. The van der Waals surface area contributed by atoms with Crippen molar-refractivity contribution in [3.63, 3.8) is 0 Å². The third-order valence-corrected chi connectivity index (χ3v) is 4.96. The molecule has 1 aliphatic carbocycles. The van der Waals surface area contributed by atoms with Crippen molar-refractivity contribution in [3.8, 4) is 11.4 Å². The molecular formula is C14H12Br2ClN3. The van der Waals surface area contributed by atoms with Gasteiger partial charge in [0, 0.05) is 28.0 Å². The maximum atomic E-state index is 6.09. The molecule has 20 heavy (non-hydrogen) atoms. The molecule has 0 saturated heterocycles. The number of rotatable bonds is 3. The van der Waals surface area contributed by atoms with Crippen LogP contribution in [0.1, 0.15) is 24.5 Å². The molecule has 3 rings (SSSR count). The van der Waals surface area contributed by atoms with E-state index in [0.717, 1.165) is 26.0 Å². The van der Waals surface area contributed by atoms with Crippen LogP contribution in [0.25, 0.3) is 11.4 Å². The molecule has 1 aromatic carbocycles. The van der Waals surface area contributed by atoms with Gasteiger partial charge in [0.1, 0.15) is 5.82 Å². The summed E-state index contributed by atoms with van der Waals surface area (Å²) in [6.45, 7) is 0. The van der Waals surface area contributed by atoms with Gasteiger partial charge in [-0.05, 0) is 47.0 Å². The zero-order valence-electron chi connectivity index (χ0n) is 10.8. The van der Waals surface area contributed by atoms with Crippen LogP contribution in [0, 0.1) is 0 Å². The first-order chi connectivity index (χ1) is 9.60. The van der Waals surface area contributed by atoms with E-state index in [1.54, 1.807) is 0 Å².